The number of carbonyl (C=O) groups is 1. The molecule has 0 atom stereocenters. The highest BCUT2D eigenvalue weighted by Crippen LogP contribution is 2.46. The fourth-order valence-corrected chi connectivity index (χ4v) is 5.99. The van der Waals surface area contributed by atoms with Crippen LogP contribution in [0.15, 0.2) is 47.3 Å². The highest BCUT2D eigenvalue weighted by Gasteiger charge is 2.35. The molecule has 4 rings (SSSR count). The topological polar surface area (TPSA) is 106 Å². The molecule has 2 aromatic carbocycles. The molecule has 0 bridgehead atoms. The monoisotopic (exact) mass is 495 g/mol. The third-order valence-electron chi connectivity index (χ3n) is 6.19. The van der Waals surface area contributed by atoms with Crippen LogP contribution in [0.4, 0.5) is 8.78 Å². The first-order chi connectivity index (χ1) is 16.0. The highest BCUT2D eigenvalue weighted by atomic mass is 32.3. The summed E-state index contributed by atoms with van der Waals surface area (Å²) in [7, 11) is -2.57. The number of fused-ring (bicyclic) bond motifs is 1. The molecule has 1 aliphatic heterocycles. The van der Waals surface area contributed by atoms with Crippen LogP contribution in [0.5, 0.6) is 5.75 Å². The van der Waals surface area contributed by atoms with Crippen LogP contribution in [-0.2, 0) is 6.54 Å². The summed E-state index contributed by atoms with van der Waals surface area (Å²) in [4.78, 5) is 26.2. The van der Waals surface area contributed by atoms with Crippen molar-refractivity contribution >= 4 is 27.5 Å². The second kappa shape index (κ2) is 9.05. The van der Waals surface area contributed by atoms with Crippen molar-refractivity contribution < 1.29 is 27.4 Å². The molecule has 34 heavy (non-hydrogen) atoms. The number of nitrogens with one attached hydrogen (secondary N) is 1. The van der Waals surface area contributed by atoms with Gasteiger partial charge >= 0.3 is 12.3 Å². The number of imidazole rings is 1. The van der Waals surface area contributed by atoms with E-state index in [1.165, 1.54) is 27.3 Å². The molecule has 1 amide bonds. The van der Waals surface area contributed by atoms with Gasteiger partial charge in [0.25, 0.3) is 5.91 Å². The predicted molar refractivity (Wildman–Crippen MR) is 128 cm³/mol. The Hall–Kier alpha value is -2.89. The lowest BCUT2D eigenvalue weighted by Crippen LogP contribution is -2.50. The lowest BCUT2D eigenvalue weighted by molar-refractivity contribution is -0.0498. The smallest absolute Gasteiger partial charge is 0.387 e. The number of rotatable bonds is 6. The molecule has 3 aromatic rings. The van der Waals surface area contributed by atoms with Gasteiger partial charge in [-0.3, -0.25) is 23.0 Å². The fourth-order valence-electron chi connectivity index (χ4n) is 4.23. The van der Waals surface area contributed by atoms with E-state index < -0.39 is 22.7 Å². The van der Waals surface area contributed by atoms with E-state index in [2.05, 4.69) is 10.1 Å². The minimum Gasteiger partial charge on any atom is -0.435 e. The maximum absolute atomic E-state index is 13.2. The minimum atomic E-state index is -2.98. The van der Waals surface area contributed by atoms with Crippen molar-refractivity contribution in [3.05, 3.63) is 58.5 Å². The zero-order valence-corrected chi connectivity index (χ0v) is 19.6. The number of ether oxygens (including phenoxy) is 1. The Balaban J connectivity index is 1.69. The van der Waals surface area contributed by atoms with Gasteiger partial charge in [0.05, 0.1) is 16.7 Å². The minimum absolute atomic E-state index is 0.0647. The number of alkyl halides is 2. The number of nitrogens with zero attached hydrogens (tertiary/aromatic N) is 2. The quantitative estimate of drug-likeness (QED) is 0.469. The Labute approximate surface area is 196 Å². The van der Waals surface area contributed by atoms with Gasteiger partial charge in [0, 0.05) is 35.2 Å². The van der Waals surface area contributed by atoms with Crippen LogP contribution in [0, 0.1) is 0 Å². The molecule has 1 saturated heterocycles. The first-order valence-corrected chi connectivity index (χ1v) is 12.8. The van der Waals surface area contributed by atoms with Gasteiger partial charge in [-0.25, -0.2) is 4.79 Å². The molecule has 1 aromatic heterocycles. The Kier molecular flexibility index (Phi) is 6.45. The summed E-state index contributed by atoms with van der Waals surface area (Å²) in [6, 6.07) is 10.8. The van der Waals surface area contributed by atoms with E-state index in [0.717, 1.165) is 0 Å². The summed E-state index contributed by atoms with van der Waals surface area (Å²) < 4.78 is 52.4. The molecule has 1 aliphatic rings. The highest BCUT2D eigenvalue weighted by molar-refractivity contribution is 8.24. The molecule has 11 heteroatoms. The predicted octanol–water partition coefficient (Wildman–Crippen LogP) is 4.45. The van der Waals surface area contributed by atoms with Gasteiger partial charge in [0.15, 0.2) is 0 Å². The third kappa shape index (κ3) is 4.82. The Morgan fingerprint density at radius 1 is 1.18 bits per heavy atom. The summed E-state index contributed by atoms with van der Waals surface area (Å²) in [6.45, 7) is 1.04. The van der Waals surface area contributed by atoms with E-state index in [1.54, 1.807) is 31.2 Å². The number of amides is 1. The third-order valence-corrected chi connectivity index (χ3v) is 7.90. The van der Waals surface area contributed by atoms with Crippen LogP contribution in [0.1, 0.15) is 37.0 Å². The second-order valence-corrected chi connectivity index (χ2v) is 11.1. The van der Waals surface area contributed by atoms with E-state index >= 15 is 0 Å². The summed E-state index contributed by atoms with van der Waals surface area (Å²) in [5, 5.41) is 3.00. The zero-order chi connectivity index (χ0) is 24.7. The standard InChI is InChI=1S/C23H27F2N3O5S/c1-3-27-19-13-15(20(29)26-23(2)9-11-34(31,32)12-10-23)7-8-18(19)28(22(27)30)16-5-4-6-17(14-16)33-21(24)25/h4-8,13-14,21,31-32H,3,9-12H2,1-2H3,(H,26,29). The van der Waals surface area contributed by atoms with Crippen molar-refractivity contribution in [1.82, 2.24) is 14.5 Å². The molecule has 1 fully saturated rings. The Bertz CT molecular complexity index is 1280. The number of halogens is 2. The van der Waals surface area contributed by atoms with Crippen molar-refractivity contribution in [2.75, 3.05) is 11.5 Å². The van der Waals surface area contributed by atoms with Crippen LogP contribution in [0.3, 0.4) is 0 Å². The average Bonchev–Trinajstić information content (AvgIpc) is 3.06. The van der Waals surface area contributed by atoms with Crippen molar-refractivity contribution in [2.45, 2.75) is 45.4 Å². The number of hydrogen-bond acceptors (Lipinski definition) is 5. The molecule has 3 N–H and O–H groups in total. The molecule has 8 nitrogen and oxygen atoms in total. The average molecular weight is 496 g/mol. The van der Waals surface area contributed by atoms with Crippen LogP contribution in [0.25, 0.3) is 16.7 Å². The van der Waals surface area contributed by atoms with Crippen LogP contribution >= 0.6 is 10.6 Å². The van der Waals surface area contributed by atoms with E-state index in [1.807, 2.05) is 6.92 Å². The van der Waals surface area contributed by atoms with E-state index in [4.69, 9.17) is 0 Å². The summed E-state index contributed by atoms with van der Waals surface area (Å²) >= 11 is 0. The number of carbonyl (C=O) groups excluding carboxylic acids is 1. The molecule has 0 radical (unpaired) electrons. The maximum atomic E-state index is 13.2. The summed E-state index contributed by atoms with van der Waals surface area (Å²) in [6.07, 6.45) is 0.910. The molecule has 0 aliphatic carbocycles. The SMILES string of the molecule is CCn1c(=O)n(-c2cccc(OC(F)F)c2)c2ccc(C(=O)NC3(C)CCS(O)(O)CC3)cc21. The van der Waals surface area contributed by atoms with Crippen LogP contribution in [0.2, 0.25) is 0 Å². The molecular formula is C23H27F2N3O5S. The first-order valence-electron chi connectivity index (χ1n) is 10.9. The fraction of sp³-hybridized carbons (Fsp3) is 0.391. The van der Waals surface area contributed by atoms with Gasteiger partial charge in [0.1, 0.15) is 5.75 Å². The van der Waals surface area contributed by atoms with Gasteiger partial charge < -0.3 is 10.1 Å². The van der Waals surface area contributed by atoms with Gasteiger partial charge in [-0.1, -0.05) is 6.07 Å². The van der Waals surface area contributed by atoms with Gasteiger partial charge in [-0.15, -0.1) is 0 Å². The number of hydrogen-bond donors (Lipinski definition) is 3. The van der Waals surface area contributed by atoms with Gasteiger partial charge in [-0.2, -0.15) is 19.4 Å². The van der Waals surface area contributed by atoms with Crippen LogP contribution < -0.4 is 15.7 Å². The van der Waals surface area contributed by atoms with Gasteiger partial charge in [-0.05, 0) is 57.0 Å². The van der Waals surface area contributed by atoms with E-state index in [0.29, 0.717) is 41.7 Å². The van der Waals surface area contributed by atoms with Crippen molar-refractivity contribution in [2.24, 2.45) is 0 Å². The normalized spacial score (nSPS) is 18.1. The maximum Gasteiger partial charge on any atom is 0.387 e. The van der Waals surface area contributed by atoms with Crippen LogP contribution in [-0.4, -0.2) is 47.8 Å². The zero-order valence-electron chi connectivity index (χ0n) is 18.8. The molecule has 184 valence electrons. The van der Waals surface area contributed by atoms with Crippen molar-refractivity contribution in [1.29, 1.82) is 0 Å². The molecule has 0 spiro atoms. The van der Waals surface area contributed by atoms with E-state index in [-0.39, 0.29) is 28.9 Å². The summed E-state index contributed by atoms with van der Waals surface area (Å²) in [5.74, 6) is 0.105. The molecule has 0 unspecified atom stereocenters. The molecule has 2 heterocycles. The second-order valence-electron chi connectivity index (χ2n) is 8.67. The lowest BCUT2D eigenvalue weighted by atomic mass is 9.94. The first kappa shape index (κ1) is 24.2. The molecule has 0 saturated carbocycles. The Morgan fingerprint density at radius 3 is 2.53 bits per heavy atom. The van der Waals surface area contributed by atoms with Crippen molar-refractivity contribution in [3.63, 3.8) is 0 Å². The lowest BCUT2D eigenvalue weighted by Gasteiger charge is -2.44. The van der Waals surface area contributed by atoms with Gasteiger partial charge in [0.2, 0.25) is 0 Å². The number of aryl methyl sites for hydroxylation is 1. The number of benzene rings is 2. The molecular weight excluding hydrogens is 468 g/mol. The largest absolute Gasteiger partial charge is 0.435 e. The Morgan fingerprint density at radius 2 is 1.88 bits per heavy atom. The van der Waals surface area contributed by atoms with Crippen molar-refractivity contribution in [3.8, 4) is 11.4 Å². The summed E-state index contributed by atoms with van der Waals surface area (Å²) in [5.41, 5.74) is 0.855. The number of aromatic nitrogens is 2. The van der Waals surface area contributed by atoms with E-state index in [9.17, 15) is 27.5 Å².